The molecule has 0 spiro atoms. The van der Waals surface area contributed by atoms with Gasteiger partial charge in [0.15, 0.2) is 5.82 Å². The van der Waals surface area contributed by atoms with Crippen molar-refractivity contribution >= 4 is 17.3 Å². The summed E-state index contributed by atoms with van der Waals surface area (Å²) in [5, 5.41) is 2.38. The lowest BCUT2D eigenvalue weighted by Crippen LogP contribution is -2.42. The van der Waals surface area contributed by atoms with E-state index in [0.29, 0.717) is 6.07 Å². The van der Waals surface area contributed by atoms with E-state index < -0.39 is 23.1 Å². The second-order valence-electron chi connectivity index (χ2n) is 4.82. The normalized spacial score (nSPS) is 16.8. The smallest absolute Gasteiger partial charge is 0.227 e. The highest BCUT2D eigenvalue weighted by Crippen LogP contribution is 2.38. The zero-order valence-electron chi connectivity index (χ0n) is 10.6. The van der Waals surface area contributed by atoms with E-state index in [4.69, 9.17) is 10.5 Å². The Hall–Kier alpha value is -1.69. The zero-order valence-corrected chi connectivity index (χ0v) is 10.6. The monoisotopic (exact) mass is 270 g/mol. The minimum atomic E-state index is -0.883. The Morgan fingerprint density at radius 1 is 1.47 bits per heavy atom. The maximum atomic E-state index is 13.5. The number of carbonyl (C=O) groups excluding carboxylic acids is 1. The Morgan fingerprint density at radius 3 is 2.63 bits per heavy atom. The molecule has 0 saturated heterocycles. The van der Waals surface area contributed by atoms with Crippen molar-refractivity contribution in [3.8, 4) is 0 Å². The molecule has 1 aliphatic rings. The molecule has 6 heteroatoms. The first-order valence-corrected chi connectivity index (χ1v) is 6.05. The molecule has 0 aromatic heterocycles. The maximum absolute atomic E-state index is 13.5. The molecule has 3 N–H and O–H groups in total. The second-order valence-corrected chi connectivity index (χ2v) is 4.82. The summed E-state index contributed by atoms with van der Waals surface area (Å²) in [4.78, 5) is 11.9. The van der Waals surface area contributed by atoms with Gasteiger partial charge in [-0.3, -0.25) is 4.79 Å². The number of nitrogens with one attached hydrogen (secondary N) is 1. The summed E-state index contributed by atoms with van der Waals surface area (Å²) >= 11 is 0. The topological polar surface area (TPSA) is 64.3 Å². The predicted molar refractivity (Wildman–Crippen MR) is 67.6 cm³/mol. The standard InChI is InChI=1S/C13H16F2N2O2/c1-19-13(3-2-4-13)7-11(18)17-12-9(15)5-8(14)6-10(12)16/h5-6H,2-4,7,16H2,1H3,(H,17,18). The number of hydrogen-bond acceptors (Lipinski definition) is 3. The van der Waals surface area contributed by atoms with Crippen molar-refractivity contribution in [1.82, 2.24) is 0 Å². The highest BCUT2D eigenvalue weighted by atomic mass is 19.1. The second kappa shape index (κ2) is 5.13. The van der Waals surface area contributed by atoms with Crippen molar-refractivity contribution < 1.29 is 18.3 Å². The van der Waals surface area contributed by atoms with Gasteiger partial charge in [0, 0.05) is 13.2 Å². The lowest BCUT2D eigenvalue weighted by molar-refractivity contribution is -0.129. The molecule has 0 bridgehead atoms. The Kier molecular flexibility index (Phi) is 3.71. The number of benzene rings is 1. The van der Waals surface area contributed by atoms with Crippen LogP contribution in [-0.4, -0.2) is 18.6 Å². The molecule has 2 rings (SSSR count). The number of halogens is 2. The third-order valence-electron chi connectivity index (χ3n) is 3.53. The zero-order chi connectivity index (χ0) is 14.0. The van der Waals surface area contributed by atoms with E-state index in [0.717, 1.165) is 25.3 Å². The van der Waals surface area contributed by atoms with Gasteiger partial charge in [-0.1, -0.05) is 0 Å². The molecule has 0 aliphatic heterocycles. The first-order valence-electron chi connectivity index (χ1n) is 6.05. The van der Waals surface area contributed by atoms with Crippen molar-refractivity contribution in [2.24, 2.45) is 0 Å². The molecule has 104 valence electrons. The summed E-state index contributed by atoms with van der Waals surface area (Å²) in [6.45, 7) is 0. The molecular weight excluding hydrogens is 254 g/mol. The van der Waals surface area contributed by atoms with Crippen LogP contribution in [0.5, 0.6) is 0 Å². The fourth-order valence-corrected chi connectivity index (χ4v) is 2.23. The van der Waals surface area contributed by atoms with E-state index in [1.807, 2.05) is 0 Å². The van der Waals surface area contributed by atoms with E-state index in [2.05, 4.69) is 5.32 Å². The van der Waals surface area contributed by atoms with Gasteiger partial charge in [0.05, 0.1) is 17.7 Å². The van der Waals surface area contributed by atoms with Gasteiger partial charge in [-0.05, 0) is 25.3 Å². The van der Waals surface area contributed by atoms with Crippen LogP contribution in [0.25, 0.3) is 0 Å². The Labute approximate surface area is 109 Å². The summed E-state index contributed by atoms with van der Waals surface area (Å²) in [6.07, 6.45) is 2.75. The van der Waals surface area contributed by atoms with Crippen molar-refractivity contribution in [2.45, 2.75) is 31.3 Å². The van der Waals surface area contributed by atoms with Gasteiger partial charge in [-0.2, -0.15) is 0 Å². The Balaban J connectivity index is 2.07. The number of carbonyl (C=O) groups is 1. The van der Waals surface area contributed by atoms with Crippen molar-refractivity contribution in [3.05, 3.63) is 23.8 Å². The van der Waals surface area contributed by atoms with Gasteiger partial charge in [-0.25, -0.2) is 8.78 Å². The molecular formula is C13H16F2N2O2. The molecule has 0 radical (unpaired) electrons. The Bertz CT molecular complexity index is 473. The molecule has 0 heterocycles. The summed E-state index contributed by atoms with van der Waals surface area (Å²) < 4.78 is 31.7. The highest BCUT2D eigenvalue weighted by Gasteiger charge is 2.39. The fraction of sp³-hybridized carbons (Fsp3) is 0.462. The molecule has 1 aliphatic carbocycles. The van der Waals surface area contributed by atoms with Crippen molar-refractivity contribution in [2.75, 3.05) is 18.2 Å². The lowest BCUT2D eigenvalue weighted by Gasteiger charge is -2.39. The van der Waals surface area contributed by atoms with Gasteiger partial charge in [0.2, 0.25) is 5.91 Å². The molecule has 19 heavy (non-hydrogen) atoms. The van der Waals surface area contributed by atoms with Crippen LogP contribution in [0.15, 0.2) is 12.1 Å². The summed E-state index contributed by atoms with van der Waals surface area (Å²) in [5.74, 6) is -2.05. The average molecular weight is 270 g/mol. The van der Waals surface area contributed by atoms with Crippen LogP contribution in [0.2, 0.25) is 0 Å². The number of amides is 1. The van der Waals surface area contributed by atoms with Gasteiger partial charge in [0.25, 0.3) is 0 Å². The van der Waals surface area contributed by atoms with E-state index in [-0.39, 0.29) is 17.8 Å². The van der Waals surface area contributed by atoms with Crippen LogP contribution in [-0.2, 0) is 9.53 Å². The highest BCUT2D eigenvalue weighted by molar-refractivity contribution is 5.94. The van der Waals surface area contributed by atoms with Crippen LogP contribution in [0.1, 0.15) is 25.7 Å². The first kappa shape index (κ1) is 13.7. The van der Waals surface area contributed by atoms with Gasteiger partial charge < -0.3 is 15.8 Å². The van der Waals surface area contributed by atoms with Crippen LogP contribution in [0.3, 0.4) is 0 Å². The summed E-state index contributed by atoms with van der Waals surface area (Å²) in [5.41, 5.74) is 4.72. The molecule has 1 aromatic rings. The molecule has 1 aromatic carbocycles. The minimum Gasteiger partial charge on any atom is -0.397 e. The summed E-state index contributed by atoms with van der Waals surface area (Å²) in [6, 6.07) is 1.65. The van der Waals surface area contributed by atoms with Crippen LogP contribution < -0.4 is 11.1 Å². The predicted octanol–water partition coefficient (Wildman–Crippen LogP) is 2.44. The number of rotatable bonds is 4. The third kappa shape index (κ3) is 2.84. The molecule has 1 fully saturated rings. The van der Waals surface area contributed by atoms with Gasteiger partial charge in [0.1, 0.15) is 11.5 Å². The number of hydrogen-bond donors (Lipinski definition) is 2. The van der Waals surface area contributed by atoms with Crippen LogP contribution in [0, 0.1) is 11.6 Å². The largest absolute Gasteiger partial charge is 0.397 e. The van der Waals surface area contributed by atoms with E-state index >= 15 is 0 Å². The summed E-state index contributed by atoms with van der Waals surface area (Å²) in [7, 11) is 1.55. The maximum Gasteiger partial charge on any atom is 0.227 e. The van der Waals surface area contributed by atoms with Crippen molar-refractivity contribution in [3.63, 3.8) is 0 Å². The SMILES string of the molecule is COC1(CC(=O)Nc2c(N)cc(F)cc2F)CCC1. The Morgan fingerprint density at radius 2 is 2.16 bits per heavy atom. The number of ether oxygens (including phenoxy) is 1. The average Bonchev–Trinajstić information content (AvgIpc) is 2.28. The fourth-order valence-electron chi connectivity index (χ4n) is 2.23. The van der Waals surface area contributed by atoms with E-state index in [1.165, 1.54) is 0 Å². The van der Waals surface area contributed by atoms with Gasteiger partial charge >= 0.3 is 0 Å². The van der Waals surface area contributed by atoms with E-state index in [1.54, 1.807) is 7.11 Å². The molecule has 0 atom stereocenters. The van der Waals surface area contributed by atoms with Gasteiger partial charge in [-0.15, -0.1) is 0 Å². The number of methoxy groups -OCH3 is 1. The van der Waals surface area contributed by atoms with Crippen molar-refractivity contribution in [1.29, 1.82) is 0 Å². The number of nitrogens with two attached hydrogens (primary N) is 1. The first-order chi connectivity index (χ1) is 8.96. The minimum absolute atomic E-state index is 0.133. The molecule has 0 unspecified atom stereocenters. The molecule has 4 nitrogen and oxygen atoms in total. The molecule has 1 amide bonds. The van der Waals surface area contributed by atoms with Crippen LogP contribution >= 0.6 is 0 Å². The number of nitrogen functional groups attached to an aromatic ring is 1. The lowest BCUT2D eigenvalue weighted by atomic mass is 9.77. The van der Waals surface area contributed by atoms with Crippen LogP contribution in [0.4, 0.5) is 20.2 Å². The quantitative estimate of drug-likeness (QED) is 0.826. The third-order valence-corrected chi connectivity index (χ3v) is 3.53. The van der Waals surface area contributed by atoms with E-state index in [9.17, 15) is 13.6 Å². The number of anilines is 2. The molecule has 1 saturated carbocycles.